The molecule has 3 heteroatoms. The van der Waals surface area contributed by atoms with Gasteiger partial charge in [-0.15, -0.1) is 0 Å². The highest BCUT2D eigenvalue weighted by Gasteiger charge is 2.10. The zero-order valence-electron chi connectivity index (χ0n) is 10.4. The van der Waals surface area contributed by atoms with Crippen LogP contribution >= 0.6 is 0 Å². The molecule has 0 aliphatic carbocycles. The molecule has 1 rings (SSSR count). The number of hydrogen-bond acceptors (Lipinski definition) is 3. The fourth-order valence-corrected chi connectivity index (χ4v) is 1.73. The van der Waals surface area contributed by atoms with Crippen LogP contribution < -0.4 is 10.6 Å². The van der Waals surface area contributed by atoms with E-state index < -0.39 is 0 Å². The van der Waals surface area contributed by atoms with Gasteiger partial charge in [-0.05, 0) is 18.1 Å². The lowest BCUT2D eigenvalue weighted by atomic mass is 10.1. The molecule has 0 aliphatic heterocycles. The summed E-state index contributed by atoms with van der Waals surface area (Å²) in [4.78, 5) is 2.28. The van der Waals surface area contributed by atoms with Gasteiger partial charge in [-0.25, -0.2) is 0 Å². The van der Waals surface area contributed by atoms with E-state index in [1.807, 2.05) is 18.2 Å². The van der Waals surface area contributed by atoms with Crippen LogP contribution in [0.3, 0.4) is 0 Å². The van der Waals surface area contributed by atoms with Gasteiger partial charge in [0.2, 0.25) is 0 Å². The number of anilines is 2. The van der Waals surface area contributed by atoms with Crippen LogP contribution in [-0.2, 0) is 4.74 Å². The van der Waals surface area contributed by atoms with Crippen LogP contribution in [0.25, 0.3) is 0 Å². The number of hydrogen-bond donors (Lipinski definition) is 1. The van der Waals surface area contributed by atoms with Gasteiger partial charge in [0.15, 0.2) is 0 Å². The van der Waals surface area contributed by atoms with E-state index in [1.54, 1.807) is 7.11 Å². The molecule has 0 heterocycles. The lowest BCUT2D eigenvalue weighted by Crippen LogP contribution is -2.31. The summed E-state index contributed by atoms with van der Waals surface area (Å²) in [6.45, 7) is 7.01. The Labute approximate surface area is 98.2 Å². The molecule has 0 aromatic heterocycles. The van der Waals surface area contributed by atoms with Gasteiger partial charge >= 0.3 is 0 Å². The number of para-hydroxylation sites is 2. The average molecular weight is 222 g/mol. The van der Waals surface area contributed by atoms with E-state index in [0.717, 1.165) is 31.1 Å². The molecule has 0 spiro atoms. The molecule has 16 heavy (non-hydrogen) atoms. The van der Waals surface area contributed by atoms with Crippen molar-refractivity contribution in [1.82, 2.24) is 0 Å². The summed E-state index contributed by atoms with van der Waals surface area (Å²) in [7, 11) is 1.72. The second kappa shape index (κ2) is 6.38. The summed E-state index contributed by atoms with van der Waals surface area (Å²) in [6, 6.07) is 7.98. The molecule has 0 saturated heterocycles. The van der Waals surface area contributed by atoms with Gasteiger partial charge in [0, 0.05) is 20.2 Å². The molecule has 0 fully saturated rings. The Morgan fingerprint density at radius 3 is 2.56 bits per heavy atom. The van der Waals surface area contributed by atoms with Gasteiger partial charge in [0.25, 0.3) is 0 Å². The normalized spacial score (nSPS) is 10.8. The van der Waals surface area contributed by atoms with Crippen molar-refractivity contribution < 1.29 is 4.74 Å². The molecule has 3 nitrogen and oxygen atoms in total. The van der Waals surface area contributed by atoms with Crippen LogP contribution in [0.15, 0.2) is 24.3 Å². The van der Waals surface area contributed by atoms with Gasteiger partial charge in [-0.3, -0.25) is 0 Å². The maximum atomic E-state index is 5.99. The second-order valence-electron chi connectivity index (χ2n) is 4.39. The van der Waals surface area contributed by atoms with Gasteiger partial charge in [-0.2, -0.15) is 0 Å². The zero-order chi connectivity index (χ0) is 12.0. The van der Waals surface area contributed by atoms with Crippen molar-refractivity contribution in [3.05, 3.63) is 24.3 Å². The topological polar surface area (TPSA) is 38.5 Å². The molecule has 1 aromatic rings. The van der Waals surface area contributed by atoms with Crippen LogP contribution in [0.2, 0.25) is 0 Å². The fraction of sp³-hybridized carbons (Fsp3) is 0.538. The van der Waals surface area contributed by atoms with E-state index in [-0.39, 0.29) is 0 Å². The Hall–Kier alpha value is -1.22. The predicted molar refractivity (Wildman–Crippen MR) is 69.8 cm³/mol. The van der Waals surface area contributed by atoms with Gasteiger partial charge in [-0.1, -0.05) is 26.0 Å². The Bertz CT molecular complexity index is 313. The molecule has 0 bridgehead atoms. The van der Waals surface area contributed by atoms with E-state index in [4.69, 9.17) is 10.5 Å². The van der Waals surface area contributed by atoms with Crippen molar-refractivity contribution in [3.63, 3.8) is 0 Å². The van der Waals surface area contributed by atoms with E-state index in [2.05, 4.69) is 24.8 Å². The number of methoxy groups -OCH3 is 1. The summed E-state index contributed by atoms with van der Waals surface area (Å²) in [5.74, 6) is 0.608. The van der Waals surface area contributed by atoms with E-state index in [1.165, 1.54) is 0 Å². The van der Waals surface area contributed by atoms with Crippen molar-refractivity contribution in [2.45, 2.75) is 13.8 Å². The molecule has 90 valence electrons. The minimum atomic E-state index is 0.608. The van der Waals surface area contributed by atoms with Crippen LogP contribution in [-0.4, -0.2) is 26.8 Å². The third-order valence-electron chi connectivity index (χ3n) is 2.43. The number of rotatable bonds is 6. The quantitative estimate of drug-likeness (QED) is 0.751. The number of ether oxygens (including phenoxy) is 1. The Balaban J connectivity index is 2.78. The van der Waals surface area contributed by atoms with Crippen molar-refractivity contribution >= 4 is 11.4 Å². The second-order valence-corrected chi connectivity index (χ2v) is 4.39. The SMILES string of the molecule is COCCN(CC(C)C)c1ccccc1N. The molecular formula is C13H22N2O. The smallest absolute Gasteiger partial charge is 0.0637 e. The largest absolute Gasteiger partial charge is 0.397 e. The highest BCUT2D eigenvalue weighted by molar-refractivity contribution is 5.67. The Morgan fingerprint density at radius 2 is 2.00 bits per heavy atom. The van der Waals surface area contributed by atoms with Crippen molar-refractivity contribution in [3.8, 4) is 0 Å². The summed E-state index contributed by atoms with van der Waals surface area (Å²) >= 11 is 0. The first-order chi connectivity index (χ1) is 7.65. The number of benzene rings is 1. The standard InChI is InChI=1S/C13H22N2O/c1-11(2)10-15(8-9-16-3)13-7-5-4-6-12(13)14/h4-7,11H,8-10,14H2,1-3H3. The minimum absolute atomic E-state index is 0.608. The zero-order valence-corrected chi connectivity index (χ0v) is 10.4. The first-order valence-corrected chi connectivity index (χ1v) is 5.73. The molecular weight excluding hydrogens is 200 g/mol. The first-order valence-electron chi connectivity index (χ1n) is 5.73. The van der Waals surface area contributed by atoms with Crippen LogP contribution in [0.4, 0.5) is 11.4 Å². The minimum Gasteiger partial charge on any atom is -0.397 e. The van der Waals surface area contributed by atoms with Crippen molar-refractivity contribution in [2.75, 3.05) is 37.4 Å². The summed E-state index contributed by atoms with van der Waals surface area (Å²) in [6.07, 6.45) is 0. The monoisotopic (exact) mass is 222 g/mol. The summed E-state index contributed by atoms with van der Waals surface area (Å²) in [5, 5.41) is 0. The third-order valence-corrected chi connectivity index (χ3v) is 2.43. The number of nitrogens with two attached hydrogens (primary N) is 1. The molecule has 2 N–H and O–H groups in total. The van der Waals surface area contributed by atoms with Crippen molar-refractivity contribution in [2.24, 2.45) is 5.92 Å². The molecule has 0 amide bonds. The van der Waals surface area contributed by atoms with Gasteiger partial charge in [0.05, 0.1) is 18.0 Å². The molecule has 0 aliphatic rings. The lowest BCUT2D eigenvalue weighted by Gasteiger charge is -2.27. The van der Waals surface area contributed by atoms with E-state index in [9.17, 15) is 0 Å². The van der Waals surface area contributed by atoms with E-state index >= 15 is 0 Å². The number of nitrogen functional groups attached to an aromatic ring is 1. The first kappa shape index (κ1) is 12.8. The average Bonchev–Trinajstić information content (AvgIpc) is 2.24. The maximum Gasteiger partial charge on any atom is 0.0637 e. The van der Waals surface area contributed by atoms with Crippen LogP contribution in [0.1, 0.15) is 13.8 Å². The summed E-state index contributed by atoms with van der Waals surface area (Å²) in [5.41, 5.74) is 7.92. The van der Waals surface area contributed by atoms with Crippen LogP contribution in [0.5, 0.6) is 0 Å². The molecule has 0 radical (unpaired) electrons. The van der Waals surface area contributed by atoms with Gasteiger partial charge in [0.1, 0.15) is 0 Å². The molecule has 1 aromatic carbocycles. The highest BCUT2D eigenvalue weighted by atomic mass is 16.5. The van der Waals surface area contributed by atoms with E-state index in [0.29, 0.717) is 5.92 Å². The Morgan fingerprint density at radius 1 is 1.31 bits per heavy atom. The highest BCUT2D eigenvalue weighted by Crippen LogP contribution is 2.23. The lowest BCUT2D eigenvalue weighted by molar-refractivity contribution is 0.204. The fourth-order valence-electron chi connectivity index (χ4n) is 1.73. The van der Waals surface area contributed by atoms with Gasteiger partial charge < -0.3 is 15.4 Å². The number of nitrogens with zero attached hydrogens (tertiary/aromatic N) is 1. The molecule has 0 saturated carbocycles. The summed E-state index contributed by atoms with van der Waals surface area (Å²) < 4.78 is 5.13. The molecule has 0 unspecified atom stereocenters. The Kier molecular flexibility index (Phi) is 5.12. The van der Waals surface area contributed by atoms with Crippen molar-refractivity contribution in [1.29, 1.82) is 0 Å². The predicted octanol–water partition coefficient (Wildman–Crippen LogP) is 2.38. The third kappa shape index (κ3) is 3.74. The molecule has 0 atom stereocenters. The maximum absolute atomic E-state index is 5.99. The van der Waals surface area contributed by atoms with Crippen LogP contribution in [0, 0.1) is 5.92 Å².